The SMILES string of the molecule is CNc1c(-c2cn3c(n2)sc2cc(OCCOc4cc(-c5scnc5C)ccc4CNC(=O)[C@@H]4C[C@@H](O)CN4C(=O)C(C(C)C)N4Cc5ccccc5C4=O)ccc23)nc2cc(C#N)ccn12. The summed E-state index contributed by atoms with van der Waals surface area (Å²) in [6, 6.07) is 23.0. The van der Waals surface area contributed by atoms with Crippen molar-refractivity contribution in [2.45, 2.75) is 58.5 Å². The van der Waals surface area contributed by atoms with E-state index in [9.17, 15) is 24.8 Å². The zero-order valence-electron chi connectivity index (χ0n) is 37.1. The highest BCUT2D eigenvalue weighted by atomic mass is 32.1. The summed E-state index contributed by atoms with van der Waals surface area (Å²) < 4.78 is 17.5. The van der Waals surface area contributed by atoms with Crippen LogP contribution in [0, 0.1) is 24.2 Å². The summed E-state index contributed by atoms with van der Waals surface area (Å²) >= 11 is 3.06. The predicted octanol–water partition coefficient (Wildman–Crippen LogP) is 6.93. The van der Waals surface area contributed by atoms with Crippen molar-refractivity contribution in [2.75, 3.05) is 32.1 Å². The number of ether oxygens (including phenoxy) is 2. The van der Waals surface area contributed by atoms with Crippen LogP contribution in [0.5, 0.6) is 11.5 Å². The van der Waals surface area contributed by atoms with Crippen molar-refractivity contribution < 1.29 is 29.0 Å². The first-order valence-electron chi connectivity index (χ1n) is 22.0. The van der Waals surface area contributed by atoms with Crippen LogP contribution in [0.3, 0.4) is 0 Å². The van der Waals surface area contributed by atoms with E-state index in [1.807, 2.05) is 104 Å². The van der Waals surface area contributed by atoms with Crippen molar-refractivity contribution in [3.05, 3.63) is 119 Å². The summed E-state index contributed by atoms with van der Waals surface area (Å²) in [4.78, 5) is 60.7. The Morgan fingerprint density at radius 1 is 1.03 bits per heavy atom. The zero-order valence-corrected chi connectivity index (χ0v) is 38.7. The van der Waals surface area contributed by atoms with Crippen LogP contribution in [0.2, 0.25) is 0 Å². The lowest BCUT2D eigenvalue weighted by Crippen LogP contribution is -2.55. The third-order valence-electron chi connectivity index (χ3n) is 12.4. The van der Waals surface area contributed by atoms with Gasteiger partial charge in [-0.2, -0.15) is 5.26 Å². The van der Waals surface area contributed by atoms with Crippen molar-refractivity contribution in [1.82, 2.24) is 38.9 Å². The van der Waals surface area contributed by atoms with Gasteiger partial charge < -0.3 is 35.0 Å². The van der Waals surface area contributed by atoms with Gasteiger partial charge in [0.1, 0.15) is 59.6 Å². The van der Waals surface area contributed by atoms with Gasteiger partial charge in [-0.25, -0.2) is 15.0 Å². The maximum absolute atomic E-state index is 14.3. The van der Waals surface area contributed by atoms with Crippen LogP contribution in [0.25, 0.3) is 42.7 Å². The first-order valence-corrected chi connectivity index (χ1v) is 23.6. The Hall–Kier alpha value is -7.33. The fraction of sp³-hybridized carbons (Fsp3) is 0.286. The van der Waals surface area contributed by atoms with Gasteiger partial charge in [0.05, 0.1) is 44.0 Å². The average Bonchev–Trinajstić information content (AvgIpc) is 4.19. The quantitative estimate of drug-likeness (QED) is 0.0959. The lowest BCUT2D eigenvalue weighted by atomic mass is 10.0. The number of aliphatic hydroxyl groups is 1. The smallest absolute Gasteiger partial charge is 0.255 e. The second kappa shape index (κ2) is 17.8. The molecule has 340 valence electrons. The van der Waals surface area contributed by atoms with E-state index in [-0.39, 0.29) is 50.5 Å². The minimum atomic E-state index is -0.921. The van der Waals surface area contributed by atoms with Crippen LogP contribution < -0.4 is 20.1 Å². The monoisotopic (exact) mass is 934 g/mol. The summed E-state index contributed by atoms with van der Waals surface area (Å²) in [7, 11) is 1.83. The Kier molecular flexibility index (Phi) is 11.6. The Morgan fingerprint density at radius 2 is 1.87 bits per heavy atom. The van der Waals surface area contributed by atoms with Gasteiger partial charge in [-0.05, 0) is 66.4 Å². The number of amides is 3. The number of aromatic nitrogens is 5. The molecule has 10 rings (SSSR count). The molecule has 0 radical (unpaired) electrons. The molecule has 1 saturated heterocycles. The molecule has 2 aliphatic heterocycles. The number of rotatable bonds is 14. The molecular weight excluding hydrogens is 889 g/mol. The highest BCUT2D eigenvalue weighted by Gasteiger charge is 2.46. The van der Waals surface area contributed by atoms with Crippen LogP contribution in [-0.2, 0) is 22.7 Å². The Balaban J connectivity index is 0.815. The number of hydrogen-bond donors (Lipinski definition) is 3. The third kappa shape index (κ3) is 8.08. The number of nitriles is 1. The van der Waals surface area contributed by atoms with Crippen molar-refractivity contribution in [3.63, 3.8) is 0 Å². The first-order chi connectivity index (χ1) is 32.5. The molecule has 3 aromatic carbocycles. The number of benzene rings is 3. The molecule has 5 aromatic heterocycles. The van der Waals surface area contributed by atoms with Gasteiger partial charge in [0.15, 0.2) is 4.96 Å². The van der Waals surface area contributed by atoms with Crippen LogP contribution in [0.4, 0.5) is 5.82 Å². The van der Waals surface area contributed by atoms with Crippen LogP contribution in [0.15, 0.2) is 90.7 Å². The summed E-state index contributed by atoms with van der Waals surface area (Å²) in [6.07, 6.45) is 2.98. The van der Waals surface area contributed by atoms with E-state index in [4.69, 9.17) is 19.4 Å². The van der Waals surface area contributed by atoms with Gasteiger partial charge in [0.25, 0.3) is 5.91 Å². The fourth-order valence-electron chi connectivity index (χ4n) is 9.14. The second-order valence-corrected chi connectivity index (χ2v) is 18.9. The second-order valence-electron chi connectivity index (χ2n) is 17.0. The number of anilines is 1. The van der Waals surface area contributed by atoms with Crippen LogP contribution in [0.1, 0.15) is 53.0 Å². The number of pyridine rings is 1. The van der Waals surface area contributed by atoms with Crippen molar-refractivity contribution in [2.24, 2.45) is 5.92 Å². The van der Waals surface area contributed by atoms with E-state index >= 15 is 0 Å². The number of likely N-dealkylation sites (tertiary alicyclic amines) is 1. The summed E-state index contributed by atoms with van der Waals surface area (Å²) in [5, 5.41) is 26.4. The maximum Gasteiger partial charge on any atom is 0.255 e. The molecule has 1 fully saturated rings. The fourth-order valence-corrected chi connectivity index (χ4v) is 11.0. The molecule has 8 aromatic rings. The number of hydrogen-bond acceptors (Lipinski definition) is 13. The number of thiazole rings is 2. The molecule has 2 aliphatic rings. The van der Waals surface area contributed by atoms with E-state index in [0.29, 0.717) is 46.2 Å². The highest BCUT2D eigenvalue weighted by molar-refractivity contribution is 7.23. The lowest BCUT2D eigenvalue weighted by Gasteiger charge is -2.35. The number of nitrogens with one attached hydrogen (secondary N) is 2. The number of carbonyl (C=O) groups excluding carboxylic acids is 3. The Bertz CT molecular complexity index is 3270. The molecule has 16 nitrogen and oxygen atoms in total. The van der Waals surface area contributed by atoms with Gasteiger partial charge in [0.2, 0.25) is 11.8 Å². The highest BCUT2D eigenvalue weighted by Crippen LogP contribution is 2.36. The molecule has 7 heterocycles. The molecule has 1 unspecified atom stereocenters. The standard InChI is InChI=1S/C49H46N10O6S2/c1-27(2)43(59-23-32-7-5-6-8-35(32)47(59)62)48(63)57-24-33(60)19-38(57)46(61)52-22-31-10-9-30(44-28(3)53-26-66-44)18-39(31)65-16-15-64-34-11-12-37-40(20-34)67-49-54-36(25-58(37)49)42-45(51-4)56-14-13-29(21-50)17-41(56)55-42/h5-14,17-18,20,25-27,33,38,43,51,60H,15-16,19,22-24H2,1-4H3,(H,52,61)/t33-,38+,43?/m1/s1. The van der Waals surface area contributed by atoms with E-state index in [1.165, 1.54) is 27.6 Å². The van der Waals surface area contributed by atoms with E-state index in [0.717, 1.165) is 48.3 Å². The van der Waals surface area contributed by atoms with Crippen LogP contribution >= 0.6 is 22.7 Å². The molecule has 3 N–H and O–H groups in total. The summed E-state index contributed by atoms with van der Waals surface area (Å²) in [5.74, 6) is 0.801. The molecule has 0 spiro atoms. The van der Waals surface area contributed by atoms with E-state index < -0.39 is 24.1 Å². The van der Waals surface area contributed by atoms with Gasteiger partial charge in [-0.3, -0.25) is 23.2 Å². The maximum atomic E-state index is 14.3. The van der Waals surface area contributed by atoms with Gasteiger partial charge in [-0.15, -0.1) is 11.3 Å². The topological polar surface area (TPSA) is 192 Å². The normalized spacial score (nSPS) is 16.3. The number of aryl methyl sites for hydroxylation is 1. The summed E-state index contributed by atoms with van der Waals surface area (Å²) in [6.45, 7) is 6.58. The van der Waals surface area contributed by atoms with Crippen molar-refractivity contribution in [3.8, 4) is 39.4 Å². The number of carbonyl (C=O) groups is 3. The zero-order chi connectivity index (χ0) is 46.5. The molecule has 3 amide bonds. The van der Waals surface area contributed by atoms with E-state index in [2.05, 4.69) is 21.7 Å². The molecule has 67 heavy (non-hydrogen) atoms. The number of β-amino-alcohol motifs (C(OH)–C–C–N with tert-alkyl or cyclic N) is 1. The minimum absolute atomic E-state index is 0.00573. The lowest BCUT2D eigenvalue weighted by molar-refractivity contribution is -0.143. The molecule has 0 bridgehead atoms. The van der Waals surface area contributed by atoms with Gasteiger partial charge in [0, 0.05) is 56.6 Å². The third-order valence-corrected chi connectivity index (χ3v) is 14.4. The molecule has 0 aliphatic carbocycles. The number of fused-ring (bicyclic) bond motifs is 5. The molecule has 3 atom stereocenters. The van der Waals surface area contributed by atoms with Crippen molar-refractivity contribution in [1.29, 1.82) is 5.26 Å². The van der Waals surface area contributed by atoms with Gasteiger partial charge >= 0.3 is 0 Å². The van der Waals surface area contributed by atoms with Gasteiger partial charge in [-0.1, -0.05) is 55.5 Å². The van der Waals surface area contributed by atoms with Crippen LogP contribution in [-0.4, -0.2) is 101 Å². The minimum Gasteiger partial charge on any atom is -0.490 e. The Labute approximate surface area is 393 Å². The number of aliphatic hydroxyl groups excluding tert-OH is 1. The van der Waals surface area contributed by atoms with Crippen molar-refractivity contribution >= 4 is 67.0 Å². The molecule has 0 saturated carbocycles. The average molecular weight is 935 g/mol. The Morgan fingerprint density at radius 3 is 2.64 bits per heavy atom. The first kappa shape index (κ1) is 43.6. The van der Waals surface area contributed by atoms with E-state index in [1.54, 1.807) is 28.6 Å². The molecular formula is C49H46N10O6S2. The molecule has 18 heteroatoms. The number of nitrogens with zero attached hydrogens (tertiary/aromatic N) is 8. The number of imidazole rings is 2. The summed E-state index contributed by atoms with van der Waals surface area (Å²) in [5.41, 5.74) is 9.32. The largest absolute Gasteiger partial charge is 0.490 e. The predicted molar refractivity (Wildman–Crippen MR) is 255 cm³/mol.